The SMILES string of the molecule is CC1(C)CC(=O)C2=C(C1)N(c1cccc3ccccc13)[C@@]13OC(N)=C(C#N)[C@@]21C(=O)c1ccccc13. The summed E-state index contributed by atoms with van der Waals surface area (Å²) < 4.78 is 6.56. The molecule has 3 aromatic rings. The van der Waals surface area contributed by atoms with E-state index in [0.717, 1.165) is 22.2 Å². The number of rotatable bonds is 1. The highest BCUT2D eigenvalue weighted by molar-refractivity contribution is 6.20. The van der Waals surface area contributed by atoms with E-state index in [1.165, 1.54) is 0 Å². The number of nitrogens with zero attached hydrogens (tertiary/aromatic N) is 2. The zero-order valence-corrected chi connectivity index (χ0v) is 20.0. The minimum Gasteiger partial charge on any atom is -0.446 e. The smallest absolute Gasteiger partial charge is 0.238 e. The van der Waals surface area contributed by atoms with Crippen molar-refractivity contribution in [3.63, 3.8) is 0 Å². The third-order valence-electron chi connectivity index (χ3n) is 8.20. The van der Waals surface area contributed by atoms with Crippen LogP contribution < -0.4 is 10.6 Å². The van der Waals surface area contributed by atoms with E-state index >= 15 is 0 Å². The monoisotopic (exact) mass is 473 g/mol. The van der Waals surface area contributed by atoms with Crippen LogP contribution in [0, 0.1) is 22.2 Å². The Balaban J connectivity index is 1.68. The van der Waals surface area contributed by atoms with Gasteiger partial charge in [-0.05, 0) is 23.3 Å². The fraction of sp³-hybridized carbons (Fsp3) is 0.233. The highest BCUT2D eigenvalue weighted by atomic mass is 16.5. The normalized spacial score (nSPS) is 27.5. The fourth-order valence-electron chi connectivity index (χ4n) is 7.04. The summed E-state index contributed by atoms with van der Waals surface area (Å²) in [6.45, 7) is 4.11. The topological polar surface area (TPSA) is 96.4 Å². The highest BCUT2D eigenvalue weighted by Gasteiger charge is 2.81. The molecule has 176 valence electrons. The number of fused-ring (bicyclic) bond motifs is 2. The molecule has 0 saturated carbocycles. The predicted octanol–water partition coefficient (Wildman–Crippen LogP) is 5.06. The van der Waals surface area contributed by atoms with Crippen molar-refractivity contribution in [2.75, 3.05) is 4.90 Å². The van der Waals surface area contributed by atoms with Gasteiger partial charge < -0.3 is 15.4 Å². The standard InChI is InChI=1S/C30H23N3O3/c1-28(2)14-23-25(24(34)15-28)29-21(16-31)27(32)36-30(29,20-12-6-5-11-19(20)26(29)35)33(23)22-13-7-9-17-8-3-4-10-18(17)22/h3-13H,14-15,32H2,1-2H3/t29-,30-/m0/s1. The molecular formula is C30H23N3O3. The quantitative estimate of drug-likeness (QED) is 0.531. The Morgan fingerprint density at radius 3 is 2.50 bits per heavy atom. The van der Waals surface area contributed by atoms with Crippen LogP contribution in [0.5, 0.6) is 0 Å². The van der Waals surface area contributed by atoms with Crippen molar-refractivity contribution in [3.8, 4) is 6.07 Å². The summed E-state index contributed by atoms with van der Waals surface area (Å²) in [6, 6.07) is 23.4. The molecule has 2 N–H and O–H groups in total. The molecule has 4 aliphatic rings. The maximum Gasteiger partial charge on any atom is 0.238 e. The van der Waals surface area contributed by atoms with Crippen molar-refractivity contribution < 1.29 is 14.3 Å². The maximum atomic E-state index is 14.5. The van der Waals surface area contributed by atoms with E-state index in [4.69, 9.17) is 10.5 Å². The second-order valence-electron chi connectivity index (χ2n) is 10.8. The number of allylic oxidation sites excluding steroid dienone is 1. The Bertz CT molecular complexity index is 1670. The van der Waals surface area contributed by atoms with Crippen LogP contribution in [-0.2, 0) is 15.3 Å². The molecule has 7 rings (SSSR count). The van der Waals surface area contributed by atoms with Gasteiger partial charge >= 0.3 is 0 Å². The first-order valence-corrected chi connectivity index (χ1v) is 12.1. The summed E-state index contributed by atoms with van der Waals surface area (Å²) in [7, 11) is 0. The van der Waals surface area contributed by atoms with E-state index in [0.29, 0.717) is 23.1 Å². The lowest BCUT2D eigenvalue weighted by Gasteiger charge is -2.42. The van der Waals surface area contributed by atoms with Gasteiger partial charge in [-0.15, -0.1) is 0 Å². The van der Waals surface area contributed by atoms with E-state index in [9.17, 15) is 14.9 Å². The molecule has 0 unspecified atom stereocenters. The highest BCUT2D eigenvalue weighted by Crippen LogP contribution is 2.73. The molecule has 6 heteroatoms. The number of ether oxygens (including phenoxy) is 1. The predicted molar refractivity (Wildman–Crippen MR) is 134 cm³/mol. The molecule has 6 nitrogen and oxygen atoms in total. The van der Waals surface area contributed by atoms with E-state index in [-0.39, 0.29) is 34.9 Å². The Hall–Kier alpha value is -4.37. The van der Waals surface area contributed by atoms with E-state index in [2.05, 4.69) is 19.9 Å². The molecule has 0 fully saturated rings. The Morgan fingerprint density at radius 2 is 1.69 bits per heavy atom. The van der Waals surface area contributed by atoms with Crippen molar-refractivity contribution >= 4 is 28.0 Å². The number of nitrogens with two attached hydrogens (primary N) is 1. The van der Waals surface area contributed by atoms with Gasteiger partial charge in [0.2, 0.25) is 11.6 Å². The van der Waals surface area contributed by atoms with Crippen LogP contribution in [0.3, 0.4) is 0 Å². The molecule has 2 aliphatic carbocycles. The Kier molecular flexibility index (Phi) is 3.75. The third kappa shape index (κ3) is 2.10. The van der Waals surface area contributed by atoms with Crippen molar-refractivity contribution in [3.05, 3.63) is 101 Å². The molecule has 0 saturated heterocycles. The van der Waals surface area contributed by atoms with Crippen LogP contribution in [0.15, 0.2) is 89.5 Å². The van der Waals surface area contributed by atoms with Crippen LogP contribution in [0.25, 0.3) is 10.8 Å². The zero-order valence-electron chi connectivity index (χ0n) is 20.0. The largest absolute Gasteiger partial charge is 0.446 e. The number of benzene rings is 3. The molecular weight excluding hydrogens is 450 g/mol. The summed E-state index contributed by atoms with van der Waals surface area (Å²) in [5.41, 5.74) is 5.91. The van der Waals surface area contributed by atoms with Crippen LogP contribution in [-0.4, -0.2) is 11.6 Å². The summed E-state index contributed by atoms with van der Waals surface area (Å²) in [6.07, 6.45) is 0.827. The van der Waals surface area contributed by atoms with Gasteiger partial charge in [0.25, 0.3) is 0 Å². The second kappa shape index (κ2) is 6.44. The first-order chi connectivity index (χ1) is 17.3. The molecule has 0 radical (unpaired) electrons. The van der Waals surface area contributed by atoms with Crippen LogP contribution in [0.4, 0.5) is 5.69 Å². The number of hydrogen-bond donors (Lipinski definition) is 1. The first kappa shape index (κ1) is 21.0. The molecule has 0 amide bonds. The lowest BCUT2D eigenvalue weighted by atomic mass is 9.64. The number of Topliss-reactive ketones (excluding diaryl/α,β-unsaturated/α-hetero) is 2. The van der Waals surface area contributed by atoms with Crippen molar-refractivity contribution in [1.29, 1.82) is 5.26 Å². The van der Waals surface area contributed by atoms with Gasteiger partial charge in [-0.3, -0.25) is 9.59 Å². The fourth-order valence-corrected chi connectivity index (χ4v) is 7.04. The van der Waals surface area contributed by atoms with E-state index in [1.807, 2.05) is 59.5 Å². The maximum absolute atomic E-state index is 14.5. The van der Waals surface area contributed by atoms with Gasteiger partial charge in [0.15, 0.2) is 17.0 Å². The van der Waals surface area contributed by atoms with Gasteiger partial charge in [0, 0.05) is 34.2 Å². The summed E-state index contributed by atoms with van der Waals surface area (Å²) in [4.78, 5) is 30.5. The minimum atomic E-state index is -1.64. The number of carbonyl (C=O) groups excluding carboxylic acids is 2. The van der Waals surface area contributed by atoms with Gasteiger partial charge in [-0.2, -0.15) is 5.26 Å². The van der Waals surface area contributed by atoms with E-state index < -0.39 is 11.1 Å². The van der Waals surface area contributed by atoms with Gasteiger partial charge in [0.1, 0.15) is 11.6 Å². The number of hydrogen-bond acceptors (Lipinski definition) is 6. The lowest BCUT2D eigenvalue weighted by molar-refractivity contribution is -0.119. The van der Waals surface area contributed by atoms with Crippen LogP contribution in [0.2, 0.25) is 0 Å². The van der Waals surface area contributed by atoms with Gasteiger partial charge in [-0.1, -0.05) is 74.5 Å². The van der Waals surface area contributed by atoms with E-state index in [1.54, 1.807) is 12.1 Å². The number of carbonyl (C=O) groups is 2. The summed E-state index contributed by atoms with van der Waals surface area (Å²) in [5.74, 6) is -0.547. The first-order valence-electron chi connectivity index (χ1n) is 12.1. The van der Waals surface area contributed by atoms with Gasteiger partial charge in [0.05, 0.1) is 5.69 Å². The molecule has 2 aliphatic heterocycles. The van der Waals surface area contributed by atoms with Gasteiger partial charge in [-0.25, -0.2) is 0 Å². The number of nitriles is 1. The molecule has 0 spiro atoms. The van der Waals surface area contributed by atoms with Crippen LogP contribution in [0.1, 0.15) is 42.6 Å². The second-order valence-corrected chi connectivity index (χ2v) is 10.8. The minimum absolute atomic E-state index is 0.0204. The summed E-state index contributed by atoms with van der Waals surface area (Å²) in [5, 5.41) is 12.3. The average Bonchev–Trinajstić information content (AvgIpc) is 3.33. The number of ketones is 2. The molecule has 0 bridgehead atoms. The van der Waals surface area contributed by atoms with Crippen LogP contribution >= 0.6 is 0 Å². The molecule has 2 heterocycles. The van der Waals surface area contributed by atoms with Crippen molar-refractivity contribution in [2.45, 2.75) is 32.4 Å². The number of anilines is 1. The zero-order chi connectivity index (χ0) is 25.0. The third-order valence-corrected chi connectivity index (χ3v) is 8.20. The lowest BCUT2D eigenvalue weighted by Crippen LogP contribution is -2.52. The summed E-state index contributed by atoms with van der Waals surface area (Å²) >= 11 is 0. The molecule has 2 atom stereocenters. The average molecular weight is 474 g/mol. The Morgan fingerprint density at radius 1 is 0.972 bits per heavy atom. The van der Waals surface area contributed by atoms with Crippen molar-refractivity contribution in [2.24, 2.45) is 16.6 Å². The van der Waals surface area contributed by atoms with Crippen molar-refractivity contribution in [1.82, 2.24) is 0 Å². The Labute approximate surface area is 208 Å². The molecule has 0 aromatic heterocycles. The molecule has 36 heavy (non-hydrogen) atoms. The molecule has 3 aromatic carbocycles.